The van der Waals surface area contributed by atoms with Gasteiger partial charge in [-0.1, -0.05) is 36.4 Å². The van der Waals surface area contributed by atoms with Gasteiger partial charge in [0.05, 0.1) is 5.92 Å². The van der Waals surface area contributed by atoms with E-state index in [9.17, 15) is 9.59 Å². The number of carbonyl (C=O) groups excluding carboxylic acids is 1. The number of hydrogen-bond acceptors (Lipinski definition) is 4. The van der Waals surface area contributed by atoms with Gasteiger partial charge in [0.1, 0.15) is 0 Å². The Morgan fingerprint density at radius 3 is 1.40 bits per heavy atom. The molecule has 0 spiro atoms. The average molecular weight is 429 g/mol. The maximum atomic E-state index is 11.0. The minimum Gasteiger partial charge on any atom is -0.481 e. The number of halogens is 1. The summed E-state index contributed by atoms with van der Waals surface area (Å²) in [5.74, 6) is -0.737. The second-order valence-electron chi connectivity index (χ2n) is 7.84. The van der Waals surface area contributed by atoms with Crippen LogP contribution in [0.25, 0.3) is 0 Å². The normalized spacial score (nSPS) is 17.8. The third-order valence-electron chi connectivity index (χ3n) is 5.90. The van der Waals surface area contributed by atoms with Crippen LogP contribution in [0.5, 0.6) is 0 Å². The first kappa shape index (κ1) is 22.2. The molecular weight excluding hydrogens is 400 g/mol. The Bertz CT molecular complexity index is 730. The van der Waals surface area contributed by atoms with Crippen LogP contribution in [0.3, 0.4) is 0 Å². The van der Waals surface area contributed by atoms with E-state index in [0.29, 0.717) is 0 Å². The van der Waals surface area contributed by atoms with E-state index in [1.807, 2.05) is 36.4 Å². The molecule has 0 aliphatic carbocycles. The van der Waals surface area contributed by atoms with Gasteiger partial charge in [-0.2, -0.15) is 0 Å². The van der Waals surface area contributed by atoms with Crippen LogP contribution in [0.4, 0.5) is 11.4 Å². The molecule has 0 amide bonds. The largest absolute Gasteiger partial charge is 0.481 e. The molecular formula is C24H29ClN2O3. The van der Waals surface area contributed by atoms with Crippen LogP contribution >= 0.6 is 11.6 Å². The van der Waals surface area contributed by atoms with Crippen molar-refractivity contribution in [1.29, 1.82) is 0 Å². The molecule has 0 radical (unpaired) electrons. The zero-order valence-corrected chi connectivity index (χ0v) is 17.9. The highest BCUT2D eigenvalue weighted by molar-refractivity contribution is 6.64. The van der Waals surface area contributed by atoms with Crippen LogP contribution < -0.4 is 9.80 Å². The maximum absolute atomic E-state index is 11.0. The predicted molar refractivity (Wildman–Crippen MR) is 121 cm³/mol. The van der Waals surface area contributed by atoms with Crippen LogP contribution in [0.15, 0.2) is 60.7 Å². The smallest absolute Gasteiger partial charge is 0.306 e. The van der Waals surface area contributed by atoms with Crippen molar-refractivity contribution in [2.24, 2.45) is 11.8 Å². The van der Waals surface area contributed by atoms with Crippen LogP contribution in [-0.4, -0.2) is 42.5 Å². The second-order valence-corrected chi connectivity index (χ2v) is 8.21. The lowest BCUT2D eigenvalue weighted by atomic mass is 9.97. The maximum Gasteiger partial charge on any atom is 0.306 e. The molecule has 2 heterocycles. The first-order chi connectivity index (χ1) is 14.5. The standard InChI is InChI=1S/C12H14ClNO.C12H15NO2/c13-12(15)10-6-8-14(9-7-10)11-4-2-1-3-5-11;14-12(15)10-6-8-13(9-7-10)11-4-2-1-3-5-11/h1-5,10H,6-9H2;1-5,10H,6-9H2,(H,14,15). The predicted octanol–water partition coefficient (Wildman–Crippen LogP) is 4.66. The van der Waals surface area contributed by atoms with Crippen molar-refractivity contribution in [3.8, 4) is 0 Å². The summed E-state index contributed by atoms with van der Waals surface area (Å²) in [6.07, 6.45) is 3.25. The van der Waals surface area contributed by atoms with Crippen molar-refractivity contribution in [3.05, 3.63) is 60.7 Å². The molecule has 0 saturated carbocycles. The van der Waals surface area contributed by atoms with Crippen molar-refractivity contribution in [1.82, 2.24) is 0 Å². The Morgan fingerprint density at radius 2 is 1.07 bits per heavy atom. The number of hydrogen-bond donors (Lipinski definition) is 1. The Balaban J connectivity index is 0.000000171. The number of anilines is 2. The Hall–Kier alpha value is -2.53. The van der Waals surface area contributed by atoms with E-state index >= 15 is 0 Å². The molecule has 6 heteroatoms. The average Bonchev–Trinajstić information content (AvgIpc) is 2.81. The van der Waals surface area contributed by atoms with Gasteiger partial charge < -0.3 is 14.9 Å². The molecule has 0 atom stereocenters. The summed E-state index contributed by atoms with van der Waals surface area (Å²) in [6, 6.07) is 20.4. The van der Waals surface area contributed by atoms with Gasteiger partial charge in [-0.05, 0) is 61.5 Å². The summed E-state index contributed by atoms with van der Waals surface area (Å²) in [5.41, 5.74) is 2.43. The number of carbonyl (C=O) groups is 2. The fraction of sp³-hybridized carbons (Fsp3) is 0.417. The zero-order valence-electron chi connectivity index (χ0n) is 17.1. The van der Waals surface area contributed by atoms with Crippen LogP contribution in [-0.2, 0) is 9.59 Å². The molecule has 2 aromatic carbocycles. The molecule has 160 valence electrons. The van der Waals surface area contributed by atoms with Crippen molar-refractivity contribution in [2.45, 2.75) is 25.7 Å². The van der Waals surface area contributed by atoms with Gasteiger partial charge >= 0.3 is 5.97 Å². The lowest BCUT2D eigenvalue weighted by Gasteiger charge is -2.32. The summed E-state index contributed by atoms with van der Waals surface area (Å²) < 4.78 is 0. The number of benzene rings is 2. The van der Waals surface area contributed by atoms with Crippen molar-refractivity contribution < 1.29 is 14.7 Å². The highest BCUT2D eigenvalue weighted by atomic mass is 35.5. The summed E-state index contributed by atoms with van der Waals surface area (Å²) in [6.45, 7) is 3.54. The Labute approximate surface area is 183 Å². The van der Waals surface area contributed by atoms with Gasteiger partial charge in [0.15, 0.2) is 0 Å². The first-order valence-corrected chi connectivity index (χ1v) is 10.9. The molecule has 30 heavy (non-hydrogen) atoms. The van der Waals surface area contributed by atoms with E-state index in [4.69, 9.17) is 16.7 Å². The minimum atomic E-state index is -0.650. The van der Waals surface area contributed by atoms with Crippen LogP contribution in [0.1, 0.15) is 25.7 Å². The van der Waals surface area contributed by atoms with Crippen LogP contribution in [0, 0.1) is 11.8 Å². The second kappa shape index (κ2) is 11.0. The number of carboxylic acid groups (broad SMARTS) is 1. The summed E-state index contributed by atoms with van der Waals surface area (Å²) in [5, 5.41) is 8.70. The fourth-order valence-electron chi connectivity index (χ4n) is 4.03. The van der Waals surface area contributed by atoms with Gasteiger partial charge in [0.25, 0.3) is 0 Å². The van der Waals surface area contributed by atoms with E-state index in [2.05, 4.69) is 34.1 Å². The summed E-state index contributed by atoms with van der Waals surface area (Å²) in [7, 11) is 0. The monoisotopic (exact) mass is 428 g/mol. The van der Waals surface area contributed by atoms with Gasteiger partial charge in [0.2, 0.25) is 5.24 Å². The highest BCUT2D eigenvalue weighted by Gasteiger charge is 2.24. The molecule has 2 saturated heterocycles. The fourth-order valence-corrected chi connectivity index (χ4v) is 4.25. The van der Waals surface area contributed by atoms with Crippen molar-refractivity contribution >= 4 is 34.2 Å². The minimum absolute atomic E-state index is 0.0617. The van der Waals surface area contributed by atoms with E-state index in [-0.39, 0.29) is 17.1 Å². The molecule has 0 aromatic heterocycles. The Morgan fingerprint density at radius 1 is 0.700 bits per heavy atom. The van der Waals surface area contributed by atoms with Gasteiger partial charge in [0, 0.05) is 43.5 Å². The lowest BCUT2D eigenvalue weighted by molar-refractivity contribution is -0.142. The summed E-state index contributed by atoms with van der Waals surface area (Å²) in [4.78, 5) is 26.3. The molecule has 2 aliphatic rings. The van der Waals surface area contributed by atoms with E-state index in [1.54, 1.807) is 0 Å². The first-order valence-electron chi connectivity index (χ1n) is 10.6. The third kappa shape index (κ3) is 6.23. The SMILES string of the molecule is O=C(Cl)C1CCN(c2ccccc2)CC1.O=C(O)C1CCN(c2ccccc2)CC1. The number of para-hydroxylation sites is 2. The van der Waals surface area contributed by atoms with Gasteiger partial charge in [-0.3, -0.25) is 9.59 Å². The van der Waals surface area contributed by atoms with E-state index in [1.165, 1.54) is 11.4 Å². The number of carboxylic acids is 1. The van der Waals surface area contributed by atoms with Gasteiger partial charge in [-0.25, -0.2) is 0 Å². The lowest BCUT2D eigenvalue weighted by Crippen LogP contribution is -2.36. The molecule has 1 N–H and O–H groups in total. The molecule has 2 aliphatic heterocycles. The van der Waals surface area contributed by atoms with E-state index in [0.717, 1.165) is 51.9 Å². The number of aliphatic carboxylic acids is 1. The summed E-state index contributed by atoms with van der Waals surface area (Å²) >= 11 is 5.49. The van der Waals surface area contributed by atoms with E-state index < -0.39 is 5.97 Å². The molecule has 2 aromatic rings. The van der Waals surface area contributed by atoms with Crippen molar-refractivity contribution in [3.63, 3.8) is 0 Å². The zero-order chi connectivity index (χ0) is 21.3. The topological polar surface area (TPSA) is 60.9 Å². The highest BCUT2D eigenvalue weighted by Crippen LogP contribution is 2.24. The number of rotatable bonds is 4. The van der Waals surface area contributed by atoms with Gasteiger partial charge in [-0.15, -0.1) is 0 Å². The molecule has 4 rings (SSSR count). The number of nitrogens with zero attached hydrogens (tertiary/aromatic N) is 2. The Kier molecular flexibility index (Phi) is 8.14. The molecule has 0 bridgehead atoms. The van der Waals surface area contributed by atoms with Crippen LogP contribution in [0.2, 0.25) is 0 Å². The third-order valence-corrected chi connectivity index (χ3v) is 6.21. The van der Waals surface area contributed by atoms with Crippen molar-refractivity contribution in [2.75, 3.05) is 36.0 Å². The molecule has 2 fully saturated rings. The number of piperidine rings is 2. The molecule has 0 unspecified atom stereocenters. The molecule has 5 nitrogen and oxygen atoms in total. The quantitative estimate of drug-likeness (QED) is 0.718.